The number of hydrogen-bond donors (Lipinski definition) is 0. The van der Waals surface area contributed by atoms with Crippen molar-refractivity contribution in [1.82, 2.24) is 4.90 Å². The van der Waals surface area contributed by atoms with Crippen molar-refractivity contribution in [3.05, 3.63) is 35.9 Å². The molecule has 1 amide bonds. The first-order valence-electron chi connectivity index (χ1n) is 8.46. The number of amides is 1. The number of carbonyl (C=O) groups excluding carboxylic acids is 1. The first kappa shape index (κ1) is 16.5. The van der Waals surface area contributed by atoms with Gasteiger partial charge in [0, 0.05) is 52.2 Å². The van der Waals surface area contributed by atoms with E-state index in [-0.39, 0.29) is 11.3 Å². The minimum Gasteiger partial charge on any atom is -0.381 e. The Morgan fingerprint density at radius 3 is 2.48 bits per heavy atom. The minimum atomic E-state index is -0.695. The van der Waals surface area contributed by atoms with Crippen LogP contribution in [0.1, 0.15) is 38.2 Å². The fourth-order valence-electron chi connectivity index (χ4n) is 4.03. The summed E-state index contributed by atoms with van der Waals surface area (Å²) in [6, 6.07) is 10.5. The standard InChI is InChI=1S/C19H27NO3/c1-18(2)14-20(13-16(18)15-7-5-4-6-8-15)17(21)19(22-3)9-11-23-12-10-19/h4-8,16H,9-14H2,1-3H3. The third kappa shape index (κ3) is 3.02. The van der Waals surface area contributed by atoms with Crippen molar-refractivity contribution in [2.45, 2.75) is 38.2 Å². The average Bonchev–Trinajstić information content (AvgIpc) is 2.91. The van der Waals surface area contributed by atoms with Crippen molar-refractivity contribution >= 4 is 5.91 Å². The molecule has 2 heterocycles. The zero-order valence-corrected chi connectivity index (χ0v) is 14.4. The maximum absolute atomic E-state index is 13.2. The van der Waals surface area contributed by atoms with Crippen LogP contribution in [0.15, 0.2) is 30.3 Å². The van der Waals surface area contributed by atoms with Gasteiger partial charge in [0.05, 0.1) is 0 Å². The second-order valence-corrected chi connectivity index (χ2v) is 7.45. The first-order chi connectivity index (χ1) is 11.0. The van der Waals surface area contributed by atoms with Crippen molar-refractivity contribution in [1.29, 1.82) is 0 Å². The lowest BCUT2D eigenvalue weighted by atomic mass is 9.78. The van der Waals surface area contributed by atoms with Gasteiger partial charge in [-0.15, -0.1) is 0 Å². The summed E-state index contributed by atoms with van der Waals surface area (Å²) < 4.78 is 11.1. The lowest BCUT2D eigenvalue weighted by Crippen LogP contribution is -2.52. The van der Waals surface area contributed by atoms with Crippen LogP contribution >= 0.6 is 0 Å². The normalized spacial score (nSPS) is 26.2. The van der Waals surface area contributed by atoms with Crippen LogP contribution < -0.4 is 0 Å². The van der Waals surface area contributed by atoms with Crippen LogP contribution in [0.2, 0.25) is 0 Å². The zero-order valence-electron chi connectivity index (χ0n) is 14.4. The summed E-state index contributed by atoms with van der Waals surface area (Å²) in [5, 5.41) is 0. The number of nitrogens with zero attached hydrogens (tertiary/aromatic N) is 1. The predicted molar refractivity (Wildman–Crippen MR) is 89.3 cm³/mol. The van der Waals surface area contributed by atoms with Crippen molar-refractivity contribution in [2.75, 3.05) is 33.4 Å². The van der Waals surface area contributed by atoms with Gasteiger partial charge in [0.1, 0.15) is 0 Å². The Labute approximate surface area is 138 Å². The van der Waals surface area contributed by atoms with Crippen LogP contribution in [0.5, 0.6) is 0 Å². The van der Waals surface area contributed by atoms with Crippen LogP contribution in [0.3, 0.4) is 0 Å². The molecular formula is C19H27NO3. The van der Waals surface area contributed by atoms with Crippen molar-refractivity contribution in [2.24, 2.45) is 5.41 Å². The Hall–Kier alpha value is -1.39. The van der Waals surface area contributed by atoms with Gasteiger partial charge in [-0.25, -0.2) is 0 Å². The molecule has 2 saturated heterocycles. The smallest absolute Gasteiger partial charge is 0.255 e. The van der Waals surface area contributed by atoms with E-state index in [9.17, 15) is 4.79 Å². The molecule has 0 spiro atoms. The van der Waals surface area contributed by atoms with Crippen LogP contribution in [0, 0.1) is 5.41 Å². The zero-order chi connectivity index (χ0) is 16.5. The highest BCUT2D eigenvalue weighted by molar-refractivity contribution is 5.86. The molecule has 4 heteroatoms. The van der Waals surface area contributed by atoms with Crippen LogP contribution in [0.4, 0.5) is 0 Å². The van der Waals surface area contributed by atoms with E-state index in [1.54, 1.807) is 7.11 Å². The topological polar surface area (TPSA) is 38.8 Å². The molecule has 0 N–H and O–H groups in total. The molecule has 126 valence electrons. The Morgan fingerprint density at radius 1 is 1.22 bits per heavy atom. The highest BCUT2D eigenvalue weighted by Crippen LogP contribution is 2.43. The lowest BCUT2D eigenvalue weighted by molar-refractivity contribution is -0.165. The van der Waals surface area contributed by atoms with Crippen molar-refractivity contribution < 1.29 is 14.3 Å². The second kappa shape index (κ2) is 6.25. The highest BCUT2D eigenvalue weighted by atomic mass is 16.5. The number of rotatable bonds is 3. The summed E-state index contributed by atoms with van der Waals surface area (Å²) in [5.74, 6) is 0.496. The summed E-state index contributed by atoms with van der Waals surface area (Å²) in [5.41, 5.74) is 0.683. The molecule has 1 aromatic rings. The minimum absolute atomic E-state index is 0.0666. The largest absolute Gasteiger partial charge is 0.381 e. The van der Waals surface area contributed by atoms with Gasteiger partial charge in [-0.3, -0.25) is 4.79 Å². The van der Waals surface area contributed by atoms with E-state index in [2.05, 4.69) is 38.1 Å². The quantitative estimate of drug-likeness (QED) is 0.860. The van der Waals surface area contributed by atoms with Gasteiger partial charge in [0.2, 0.25) is 0 Å². The average molecular weight is 317 g/mol. The molecule has 2 aliphatic rings. The number of hydrogen-bond acceptors (Lipinski definition) is 3. The SMILES string of the molecule is COC1(C(=O)N2CC(c3ccccc3)C(C)(C)C2)CCOCC1. The molecule has 0 radical (unpaired) electrons. The number of methoxy groups -OCH3 is 1. The van der Waals surface area contributed by atoms with E-state index in [4.69, 9.17) is 9.47 Å². The van der Waals surface area contributed by atoms with Crippen LogP contribution in [-0.2, 0) is 14.3 Å². The van der Waals surface area contributed by atoms with Crippen molar-refractivity contribution in [3.63, 3.8) is 0 Å². The molecule has 4 nitrogen and oxygen atoms in total. The van der Waals surface area contributed by atoms with E-state index in [1.165, 1.54) is 5.56 Å². The molecule has 2 aliphatic heterocycles. The molecular weight excluding hydrogens is 290 g/mol. The molecule has 0 aliphatic carbocycles. The van der Waals surface area contributed by atoms with Crippen molar-refractivity contribution in [3.8, 4) is 0 Å². The molecule has 0 bridgehead atoms. The summed E-state index contributed by atoms with van der Waals surface area (Å²) in [7, 11) is 1.65. The summed E-state index contributed by atoms with van der Waals surface area (Å²) in [4.78, 5) is 15.2. The molecule has 23 heavy (non-hydrogen) atoms. The molecule has 1 aromatic carbocycles. The fraction of sp³-hybridized carbons (Fsp3) is 0.632. The van der Waals surface area contributed by atoms with Gasteiger partial charge in [-0.2, -0.15) is 0 Å². The van der Waals surface area contributed by atoms with Gasteiger partial charge >= 0.3 is 0 Å². The van der Waals surface area contributed by atoms with Crippen LogP contribution in [0.25, 0.3) is 0 Å². The van der Waals surface area contributed by atoms with E-state index in [1.807, 2.05) is 11.0 Å². The van der Waals surface area contributed by atoms with Gasteiger partial charge in [0.25, 0.3) is 5.91 Å². The second-order valence-electron chi connectivity index (χ2n) is 7.45. The van der Waals surface area contributed by atoms with Gasteiger partial charge < -0.3 is 14.4 Å². The lowest BCUT2D eigenvalue weighted by Gasteiger charge is -2.37. The molecule has 2 fully saturated rings. The Balaban J connectivity index is 1.81. The Kier molecular flexibility index (Phi) is 4.47. The monoisotopic (exact) mass is 317 g/mol. The molecule has 3 rings (SSSR count). The number of likely N-dealkylation sites (tertiary alicyclic amines) is 1. The maximum atomic E-state index is 13.2. The van der Waals surface area contributed by atoms with E-state index in [0.29, 0.717) is 32.0 Å². The highest BCUT2D eigenvalue weighted by Gasteiger charge is 2.49. The Bertz CT molecular complexity index is 549. The summed E-state index contributed by atoms with van der Waals surface area (Å²) >= 11 is 0. The van der Waals surface area contributed by atoms with Gasteiger partial charge in [-0.1, -0.05) is 44.2 Å². The number of benzene rings is 1. The number of carbonyl (C=O) groups is 1. The number of ether oxygens (including phenoxy) is 2. The first-order valence-corrected chi connectivity index (χ1v) is 8.46. The van der Waals surface area contributed by atoms with Gasteiger partial charge in [-0.05, 0) is 11.0 Å². The Morgan fingerprint density at radius 2 is 1.87 bits per heavy atom. The molecule has 1 unspecified atom stereocenters. The molecule has 1 atom stereocenters. The van der Waals surface area contributed by atoms with E-state index < -0.39 is 5.60 Å². The van der Waals surface area contributed by atoms with Crippen LogP contribution in [-0.4, -0.2) is 49.8 Å². The van der Waals surface area contributed by atoms with E-state index >= 15 is 0 Å². The predicted octanol–water partition coefficient (Wildman–Crippen LogP) is 2.83. The maximum Gasteiger partial charge on any atom is 0.255 e. The third-order valence-electron chi connectivity index (χ3n) is 5.51. The van der Waals surface area contributed by atoms with E-state index in [0.717, 1.165) is 13.1 Å². The third-order valence-corrected chi connectivity index (χ3v) is 5.51. The fourth-order valence-corrected chi connectivity index (χ4v) is 4.03. The van der Waals surface area contributed by atoms with Gasteiger partial charge in [0.15, 0.2) is 5.60 Å². The summed E-state index contributed by atoms with van der Waals surface area (Å²) in [6.07, 6.45) is 1.30. The molecule has 0 saturated carbocycles. The summed E-state index contributed by atoms with van der Waals surface area (Å²) in [6.45, 7) is 7.24. The molecule has 0 aromatic heterocycles.